The molecule has 1 saturated heterocycles. The number of hydrogen-bond acceptors (Lipinski definition) is 7. The Morgan fingerprint density at radius 3 is 2.33 bits per heavy atom. The van der Waals surface area contributed by atoms with Crippen molar-refractivity contribution in [1.29, 1.82) is 0 Å². The summed E-state index contributed by atoms with van der Waals surface area (Å²) in [6, 6.07) is 11.8. The van der Waals surface area contributed by atoms with Crippen LogP contribution in [-0.2, 0) is 9.53 Å². The summed E-state index contributed by atoms with van der Waals surface area (Å²) in [4.78, 5) is 27.3. The molecule has 2 atom stereocenters. The van der Waals surface area contributed by atoms with Crippen LogP contribution in [0.25, 0.3) is 11.0 Å². The lowest BCUT2D eigenvalue weighted by Crippen LogP contribution is -2.49. The van der Waals surface area contributed by atoms with Crippen molar-refractivity contribution < 1.29 is 28.2 Å². The summed E-state index contributed by atoms with van der Waals surface area (Å²) in [5.41, 5.74) is 0.0710. The molecule has 1 fully saturated rings. The molecule has 8 nitrogen and oxygen atoms in total. The Hall–Kier alpha value is -3.52. The number of morpholine rings is 1. The van der Waals surface area contributed by atoms with Gasteiger partial charge in [-0.05, 0) is 57.2 Å². The van der Waals surface area contributed by atoms with Crippen LogP contribution in [0.1, 0.15) is 19.6 Å². The normalized spacial score (nSPS) is 18.2. The number of hydrogen-bond donors (Lipinski definition) is 0. The summed E-state index contributed by atoms with van der Waals surface area (Å²) in [5.74, 6) is 1.97. The summed E-state index contributed by atoms with van der Waals surface area (Å²) < 4.78 is 28.1. The van der Waals surface area contributed by atoms with Crippen LogP contribution in [0.3, 0.4) is 0 Å². The molecule has 0 saturated carbocycles. The van der Waals surface area contributed by atoms with Gasteiger partial charge in [-0.2, -0.15) is 0 Å². The maximum Gasteiger partial charge on any atom is 0.260 e. The first-order chi connectivity index (χ1) is 15.8. The largest absolute Gasteiger partial charge is 0.497 e. The summed E-state index contributed by atoms with van der Waals surface area (Å²) in [6.07, 6.45) is -0.0186. The van der Waals surface area contributed by atoms with E-state index >= 15 is 0 Å². The zero-order valence-electron chi connectivity index (χ0n) is 19.1. The smallest absolute Gasteiger partial charge is 0.260 e. The molecule has 1 aliphatic heterocycles. The molecule has 1 amide bonds. The number of carbonyl (C=O) groups excluding carboxylic acids is 1. The maximum atomic E-state index is 13.0. The van der Waals surface area contributed by atoms with Gasteiger partial charge < -0.3 is 28.3 Å². The Balaban J connectivity index is 1.49. The van der Waals surface area contributed by atoms with Gasteiger partial charge in [-0.3, -0.25) is 9.59 Å². The summed E-state index contributed by atoms with van der Waals surface area (Å²) >= 11 is 0. The van der Waals surface area contributed by atoms with Crippen molar-refractivity contribution in [2.75, 3.05) is 26.8 Å². The molecule has 8 heteroatoms. The topological polar surface area (TPSA) is 87.4 Å². The van der Waals surface area contributed by atoms with Crippen LogP contribution in [0.2, 0.25) is 0 Å². The number of ether oxygens (including phenoxy) is 4. The van der Waals surface area contributed by atoms with Gasteiger partial charge in [-0.15, -0.1) is 0 Å². The minimum atomic E-state index is -0.288. The summed E-state index contributed by atoms with van der Waals surface area (Å²) in [5, 5.41) is 0.360. The lowest BCUT2D eigenvalue weighted by molar-refractivity contribution is -0.145. The quantitative estimate of drug-likeness (QED) is 0.559. The minimum absolute atomic E-state index is 0.00931. The van der Waals surface area contributed by atoms with E-state index in [0.717, 1.165) is 0 Å². The first kappa shape index (κ1) is 22.7. The highest BCUT2D eigenvalue weighted by Gasteiger charge is 2.26. The summed E-state index contributed by atoms with van der Waals surface area (Å²) in [7, 11) is 1.58. The zero-order valence-corrected chi connectivity index (χ0v) is 19.1. The fourth-order valence-electron chi connectivity index (χ4n) is 3.86. The standard InChI is InChI=1S/C25H27NO7/c1-15-12-26(13-16(2)31-15)23(27)14-30-20-9-10-21-22(11-20)32-17(3)25(24(21)28)33-19-7-5-18(29-4)6-8-19/h5-11,15-16H,12-14H2,1-4H3/t15-,16+. The van der Waals surface area contributed by atoms with Crippen LogP contribution in [0, 0.1) is 6.92 Å². The number of carbonyl (C=O) groups is 1. The lowest BCUT2D eigenvalue weighted by atomic mass is 10.2. The van der Waals surface area contributed by atoms with E-state index in [9.17, 15) is 9.59 Å². The predicted octanol–water partition coefficient (Wildman–Crippen LogP) is 3.92. The highest BCUT2D eigenvalue weighted by Crippen LogP contribution is 2.28. The Bertz CT molecular complexity index is 1190. The number of aryl methyl sites for hydroxylation is 1. The van der Waals surface area contributed by atoms with Crippen LogP contribution < -0.4 is 19.6 Å². The number of rotatable bonds is 6. The SMILES string of the molecule is COc1ccc(Oc2c(C)oc3cc(OCC(=O)N4C[C@@H](C)O[C@@H](C)C4)ccc3c2=O)cc1. The van der Waals surface area contributed by atoms with Gasteiger partial charge in [0.1, 0.15) is 28.6 Å². The van der Waals surface area contributed by atoms with Gasteiger partial charge in [0.05, 0.1) is 24.7 Å². The van der Waals surface area contributed by atoms with Crippen LogP contribution >= 0.6 is 0 Å². The summed E-state index contributed by atoms with van der Waals surface area (Å²) in [6.45, 7) is 6.52. The number of nitrogens with zero attached hydrogens (tertiary/aromatic N) is 1. The minimum Gasteiger partial charge on any atom is -0.497 e. The van der Waals surface area contributed by atoms with E-state index in [1.807, 2.05) is 13.8 Å². The van der Waals surface area contributed by atoms with Gasteiger partial charge in [0.15, 0.2) is 6.61 Å². The first-order valence-electron chi connectivity index (χ1n) is 10.8. The van der Waals surface area contributed by atoms with Crippen molar-refractivity contribution in [1.82, 2.24) is 4.90 Å². The van der Waals surface area contributed by atoms with Crippen molar-refractivity contribution in [3.05, 3.63) is 58.4 Å². The molecule has 0 bridgehead atoms. The van der Waals surface area contributed by atoms with Gasteiger partial charge in [-0.25, -0.2) is 0 Å². The molecule has 1 aromatic heterocycles. The van der Waals surface area contributed by atoms with Crippen LogP contribution in [0.15, 0.2) is 51.7 Å². The second-order valence-electron chi connectivity index (χ2n) is 8.10. The van der Waals surface area contributed by atoms with Gasteiger partial charge in [0.2, 0.25) is 11.2 Å². The molecule has 2 heterocycles. The molecular formula is C25H27NO7. The van der Waals surface area contributed by atoms with E-state index in [1.165, 1.54) is 0 Å². The Morgan fingerprint density at radius 2 is 1.67 bits per heavy atom. The molecule has 33 heavy (non-hydrogen) atoms. The predicted molar refractivity (Wildman–Crippen MR) is 122 cm³/mol. The number of benzene rings is 2. The van der Waals surface area contributed by atoms with Gasteiger partial charge >= 0.3 is 0 Å². The average Bonchev–Trinajstić information content (AvgIpc) is 2.79. The number of amides is 1. The molecule has 0 radical (unpaired) electrons. The van der Waals surface area contributed by atoms with Crippen LogP contribution in [0.5, 0.6) is 23.0 Å². The van der Waals surface area contributed by atoms with Crippen molar-refractivity contribution in [3.8, 4) is 23.0 Å². The highest BCUT2D eigenvalue weighted by atomic mass is 16.5. The maximum absolute atomic E-state index is 13.0. The van der Waals surface area contributed by atoms with Gasteiger partial charge in [0.25, 0.3) is 5.91 Å². The third kappa shape index (κ3) is 5.12. The van der Waals surface area contributed by atoms with E-state index in [-0.39, 0.29) is 35.9 Å². The molecule has 1 aliphatic rings. The first-order valence-corrected chi connectivity index (χ1v) is 10.8. The van der Waals surface area contributed by atoms with E-state index in [1.54, 1.807) is 61.4 Å². The molecule has 0 spiro atoms. The fourth-order valence-corrected chi connectivity index (χ4v) is 3.86. The van der Waals surface area contributed by atoms with Gasteiger partial charge in [-0.1, -0.05) is 0 Å². The molecule has 2 aromatic carbocycles. The van der Waals surface area contributed by atoms with Crippen molar-refractivity contribution >= 4 is 16.9 Å². The van der Waals surface area contributed by atoms with E-state index < -0.39 is 0 Å². The second kappa shape index (κ2) is 9.54. The van der Waals surface area contributed by atoms with Crippen molar-refractivity contribution in [2.24, 2.45) is 0 Å². The van der Waals surface area contributed by atoms with E-state index in [0.29, 0.717) is 47.1 Å². The second-order valence-corrected chi connectivity index (χ2v) is 8.10. The third-order valence-electron chi connectivity index (χ3n) is 5.40. The average molecular weight is 453 g/mol. The molecule has 174 valence electrons. The molecule has 0 N–H and O–H groups in total. The fraction of sp³-hybridized carbons (Fsp3) is 0.360. The van der Waals surface area contributed by atoms with Gasteiger partial charge in [0, 0.05) is 19.2 Å². The molecule has 0 aliphatic carbocycles. The Labute approximate surface area is 191 Å². The third-order valence-corrected chi connectivity index (χ3v) is 5.40. The molecule has 3 aromatic rings. The molecular weight excluding hydrogens is 426 g/mol. The number of methoxy groups -OCH3 is 1. The van der Waals surface area contributed by atoms with Crippen molar-refractivity contribution in [2.45, 2.75) is 33.0 Å². The zero-order chi connectivity index (χ0) is 23.5. The van der Waals surface area contributed by atoms with Crippen LogP contribution in [0.4, 0.5) is 0 Å². The highest BCUT2D eigenvalue weighted by molar-refractivity contribution is 5.80. The molecule has 4 rings (SSSR count). The van der Waals surface area contributed by atoms with Crippen molar-refractivity contribution in [3.63, 3.8) is 0 Å². The Morgan fingerprint density at radius 1 is 1.03 bits per heavy atom. The van der Waals surface area contributed by atoms with Crippen LogP contribution in [-0.4, -0.2) is 49.8 Å². The monoisotopic (exact) mass is 453 g/mol. The number of fused-ring (bicyclic) bond motifs is 1. The molecule has 0 unspecified atom stereocenters. The lowest BCUT2D eigenvalue weighted by Gasteiger charge is -2.35. The van der Waals surface area contributed by atoms with E-state index in [4.69, 9.17) is 23.4 Å². The van der Waals surface area contributed by atoms with E-state index in [2.05, 4.69) is 0 Å². The Kier molecular flexibility index (Phi) is 6.55.